The summed E-state index contributed by atoms with van der Waals surface area (Å²) in [6.45, 7) is 6.48. The fourth-order valence-corrected chi connectivity index (χ4v) is 2.76. The van der Waals surface area contributed by atoms with Crippen molar-refractivity contribution in [1.29, 1.82) is 0 Å². The van der Waals surface area contributed by atoms with Crippen molar-refractivity contribution in [1.82, 2.24) is 0 Å². The van der Waals surface area contributed by atoms with Gasteiger partial charge in [0.2, 0.25) is 0 Å². The van der Waals surface area contributed by atoms with Crippen molar-refractivity contribution >= 4 is 5.69 Å². The fraction of sp³-hybridized carbons (Fsp3) is 0.571. The lowest BCUT2D eigenvalue weighted by molar-refractivity contribution is 0.637. The summed E-state index contributed by atoms with van der Waals surface area (Å²) in [4.78, 5) is 0. The Kier molecular flexibility index (Phi) is 3.20. The molecule has 2 heteroatoms. The molecular weight excluding hydrogens is 196 g/mol. The van der Waals surface area contributed by atoms with Gasteiger partial charge in [-0.3, -0.25) is 0 Å². The maximum atomic E-state index is 6.09. The van der Waals surface area contributed by atoms with Crippen LogP contribution >= 0.6 is 0 Å². The Morgan fingerprint density at radius 2 is 1.75 bits per heavy atom. The molecule has 1 aromatic rings. The number of anilines is 1. The highest BCUT2D eigenvalue weighted by atomic mass is 15.0. The molecule has 88 valence electrons. The first-order valence-electron chi connectivity index (χ1n) is 6.18. The van der Waals surface area contributed by atoms with Crippen LogP contribution in [0.5, 0.6) is 0 Å². The summed E-state index contributed by atoms with van der Waals surface area (Å²) in [5.74, 6) is 0. The van der Waals surface area contributed by atoms with E-state index in [1.165, 1.54) is 35.2 Å². The molecule has 1 aliphatic carbocycles. The minimum atomic E-state index is 0.320. The first-order chi connectivity index (χ1) is 7.58. The molecule has 1 fully saturated rings. The van der Waals surface area contributed by atoms with Crippen LogP contribution in [0.1, 0.15) is 36.0 Å². The molecule has 2 nitrogen and oxygen atoms in total. The van der Waals surface area contributed by atoms with E-state index >= 15 is 0 Å². The van der Waals surface area contributed by atoms with Crippen LogP contribution in [-0.4, -0.2) is 12.1 Å². The van der Waals surface area contributed by atoms with Crippen molar-refractivity contribution in [3.05, 3.63) is 28.8 Å². The van der Waals surface area contributed by atoms with Gasteiger partial charge in [0.1, 0.15) is 0 Å². The second-order valence-corrected chi connectivity index (χ2v) is 5.12. The molecule has 3 N–H and O–H groups in total. The molecule has 0 aliphatic heterocycles. The first-order valence-corrected chi connectivity index (χ1v) is 6.18. The van der Waals surface area contributed by atoms with Crippen molar-refractivity contribution in [2.24, 2.45) is 5.73 Å². The molecule has 1 aliphatic rings. The summed E-state index contributed by atoms with van der Waals surface area (Å²) in [7, 11) is 0. The van der Waals surface area contributed by atoms with Gasteiger partial charge in [-0.05, 0) is 51.2 Å². The van der Waals surface area contributed by atoms with Crippen molar-refractivity contribution < 1.29 is 0 Å². The zero-order valence-electron chi connectivity index (χ0n) is 10.5. The molecule has 0 radical (unpaired) electrons. The van der Waals surface area contributed by atoms with E-state index in [-0.39, 0.29) is 0 Å². The average molecular weight is 218 g/mol. The molecule has 2 unspecified atom stereocenters. The topological polar surface area (TPSA) is 38.0 Å². The van der Waals surface area contributed by atoms with E-state index in [1.54, 1.807) is 0 Å². The Labute approximate surface area is 98.2 Å². The van der Waals surface area contributed by atoms with Gasteiger partial charge in [0.15, 0.2) is 0 Å². The SMILES string of the molecule is Cc1cc(C)c(NC2CCCC2N)c(C)c1. The largest absolute Gasteiger partial charge is 0.380 e. The zero-order valence-corrected chi connectivity index (χ0v) is 10.5. The highest BCUT2D eigenvalue weighted by molar-refractivity contribution is 5.59. The molecule has 2 rings (SSSR count). The molecule has 0 spiro atoms. The van der Waals surface area contributed by atoms with Gasteiger partial charge in [0.05, 0.1) is 0 Å². The average Bonchev–Trinajstić information content (AvgIpc) is 2.57. The van der Waals surface area contributed by atoms with Gasteiger partial charge in [-0.2, -0.15) is 0 Å². The predicted molar refractivity (Wildman–Crippen MR) is 69.9 cm³/mol. The smallest absolute Gasteiger partial charge is 0.0412 e. The van der Waals surface area contributed by atoms with Crippen LogP contribution < -0.4 is 11.1 Å². The van der Waals surface area contributed by atoms with E-state index in [2.05, 4.69) is 38.2 Å². The van der Waals surface area contributed by atoms with E-state index in [0.29, 0.717) is 12.1 Å². The molecule has 0 heterocycles. The third kappa shape index (κ3) is 2.22. The molecule has 0 saturated heterocycles. The van der Waals surface area contributed by atoms with Gasteiger partial charge < -0.3 is 11.1 Å². The van der Waals surface area contributed by atoms with Crippen LogP contribution in [0.15, 0.2) is 12.1 Å². The van der Waals surface area contributed by atoms with E-state index in [4.69, 9.17) is 5.73 Å². The molecule has 1 aromatic carbocycles. The number of rotatable bonds is 2. The number of aryl methyl sites for hydroxylation is 3. The molecular formula is C14H22N2. The second-order valence-electron chi connectivity index (χ2n) is 5.12. The summed E-state index contributed by atoms with van der Waals surface area (Å²) in [5, 5.41) is 3.63. The molecule has 0 bridgehead atoms. The van der Waals surface area contributed by atoms with Gasteiger partial charge in [0.25, 0.3) is 0 Å². The molecule has 0 aromatic heterocycles. The lowest BCUT2D eigenvalue weighted by Gasteiger charge is -2.22. The summed E-state index contributed by atoms with van der Waals surface area (Å²) < 4.78 is 0. The van der Waals surface area contributed by atoms with Crippen LogP contribution in [0.2, 0.25) is 0 Å². The van der Waals surface area contributed by atoms with Crippen LogP contribution in [0.3, 0.4) is 0 Å². The van der Waals surface area contributed by atoms with Crippen molar-refractivity contribution in [3.8, 4) is 0 Å². The van der Waals surface area contributed by atoms with Crippen molar-refractivity contribution in [2.75, 3.05) is 5.32 Å². The summed E-state index contributed by atoms with van der Waals surface area (Å²) >= 11 is 0. The Bertz CT molecular complexity index is 361. The van der Waals surface area contributed by atoms with Crippen LogP contribution in [-0.2, 0) is 0 Å². The normalized spacial score (nSPS) is 24.8. The third-order valence-electron chi connectivity index (χ3n) is 3.58. The summed E-state index contributed by atoms with van der Waals surface area (Å²) in [6.07, 6.45) is 3.61. The highest BCUT2D eigenvalue weighted by Crippen LogP contribution is 2.27. The fourth-order valence-electron chi connectivity index (χ4n) is 2.76. The van der Waals surface area contributed by atoms with Crippen LogP contribution in [0.25, 0.3) is 0 Å². The third-order valence-corrected chi connectivity index (χ3v) is 3.58. The standard InChI is InChI=1S/C14H22N2/c1-9-7-10(2)14(11(3)8-9)16-13-6-4-5-12(13)15/h7-8,12-13,16H,4-6,15H2,1-3H3. The van der Waals surface area contributed by atoms with Crippen LogP contribution in [0.4, 0.5) is 5.69 Å². The number of benzene rings is 1. The van der Waals surface area contributed by atoms with E-state index < -0.39 is 0 Å². The van der Waals surface area contributed by atoms with E-state index in [9.17, 15) is 0 Å². The quantitative estimate of drug-likeness (QED) is 0.801. The van der Waals surface area contributed by atoms with E-state index in [1.807, 2.05) is 0 Å². The number of nitrogens with one attached hydrogen (secondary N) is 1. The van der Waals surface area contributed by atoms with Gasteiger partial charge in [0, 0.05) is 17.8 Å². The maximum absolute atomic E-state index is 6.09. The van der Waals surface area contributed by atoms with Crippen molar-refractivity contribution in [3.63, 3.8) is 0 Å². The van der Waals surface area contributed by atoms with Gasteiger partial charge in [-0.25, -0.2) is 0 Å². The number of hydrogen-bond donors (Lipinski definition) is 2. The Morgan fingerprint density at radius 1 is 1.12 bits per heavy atom. The summed E-state index contributed by atoms with van der Waals surface area (Å²) in [6, 6.07) is 5.24. The second kappa shape index (κ2) is 4.46. The lowest BCUT2D eigenvalue weighted by Crippen LogP contribution is -2.35. The van der Waals surface area contributed by atoms with Crippen LogP contribution in [0, 0.1) is 20.8 Å². The number of nitrogens with two attached hydrogens (primary N) is 1. The maximum Gasteiger partial charge on any atom is 0.0412 e. The molecule has 2 atom stereocenters. The van der Waals surface area contributed by atoms with Gasteiger partial charge >= 0.3 is 0 Å². The monoisotopic (exact) mass is 218 g/mol. The lowest BCUT2D eigenvalue weighted by atomic mass is 10.0. The minimum Gasteiger partial charge on any atom is -0.380 e. The predicted octanol–water partition coefficient (Wildman–Crippen LogP) is 2.90. The zero-order chi connectivity index (χ0) is 11.7. The van der Waals surface area contributed by atoms with Gasteiger partial charge in [-0.1, -0.05) is 17.7 Å². The number of hydrogen-bond acceptors (Lipinski definition) is 2. The molecule has 16 heavy (non-hydrogen) atoms. The highest BCUT2D eigenvalue weighted by Gasteiger charge is 2.24. The van der Waals surface area contributed by atoms with Gasteiger partial charge in [-0.15, -0.1) is 0 Å². The Balaban J connectivity index is 2.21. The molecule has 0 amide bonds. The summed E-state index contributed by atoms with van der Waals surface area (Å²) in [5.41, 5.74) is 11.4. The first kappa shape index (κ1) is 11.5. The minimum absolute atomic E-state index is 0.320. The van der Waals surface area contributed by atoms with E-state index in [0.717, 1.165) is 6.42 Å². The molecule has 1 saturated carbocycles. The Morgan fingerprint density at radius 3 is 2.25 bits per heavy atom. The Hall–Kier alpha value is -1.02. The van der Waals surface area contributed by atoms with Crippen molar-refractivity contribution in [2.45, 2.75) is 52.1 Å².